The number of benzene rings is 1. The van der Waals surface area contributed by atoms with Crippen molar-refractivity contribution in [2.45, 2.75) is 10.1 Å². The number of nitrogens with one attached hydrogen (secondary N) is 1. The highest BCUT2D eigenvalue weighted by molar-refractivity contribution is 8.00. The summed E-state index contributed by atoms with van der Waals surface area (Å²) in [6.07, 6.45) is 0. The maximum atomic E-state index is 11.8. The van der Waals surface area contributed by atoms with Gasteiger partial charge in [-0.1, -0.05) is 35.2 Å². The highest BCUT2D eigenvalue weighted by Crippen LogP contribution is 2.22. The summed E-state index contributed by atoms with van der Waals surface area (Å²) >= 11 is 2.98. The van der Waals surface area contributed by atoms with Crippen molar-refractivity contribution in [3.8, 4) is 0 Å². The summed E-state index contributed by atoms with van der Waals surface area (Å²) in [5.41, 5.74) is 2.29. The molecule has 0 radical (unpaired) electrons. The van der Waals surface area contributed by atoms with E-state index < -0.39 is 0 Å². The van der Waals surface area contributed by atoms with E-state index in [1.54, 1.807) is 11.6 Å². The summed E-state index contributed by atoms with van der Waals surface area (Å²) in [4.78, 5) is 19.0. The molecule has 5 nitrogen and oxygen atoms in total. The van der Waals surface area contributed by atoms with Crippen molar-refractivity contribution >= 4 is 34.0 Å². The number of fused-ring (bicyclic) bond motifs is 1. The SMILES string of the molecule is O=c1[nH]c(CSc2nncs2)nc2ccccc12. The highest BCUT2D eigenvalue weighted by Gasteiger charge is 2.05. The summed E-state index contributed by atoms with van der Waals surface area (Å²) in [5.74, 6) is 1.23. The Morgan fingerprint density at radius 2 is 2.22 bits per heavy atom. The van der Waals surface area contributed by atoms with Crippen LogP contribution in [0.25, 0.3) is 10.9 Å². The number of hydrogen-bond donors (Lipinski definition) is 1. The fraction of sp³-hybridized carbons (Fsp3) is 0.0909. The predicted molar refractivity (Wildman–Crippen MR) is 71.8 cm³/mol. The second-order valence-electron chi connectivity index (χ2n) is 3.52. The molecule has 0 saturated heterocycles. The van der Waals surface area contributed by atoms with Gasteiger partial charge in [-0.3, -0.25) is 4.79 Å². The molecule has 1 N–H and O–H groups in total. The van der Waals surface area contributed by atoms with Gasteiger partial charge in [0.05, 0.1) is 16.7 Å². The minimum absolute atomic E-state index is 0.103. The monoisotopic (exact) mass is 276 g/mol. The van der Waals surface area contributed by atoms with Crippen LogP contribution < -0.4 is 5.56 Å². The third kappa shape index (κ3) is 2.27. The molecule has 0 atom stereocenters. The quantitative estimate of drug-likeness (QED) is 0.741. The van der Waals surface area contributed by atoms with Gasteiger partial charge in [0.2, 0.25) is 0 Å². The number of para-hydroxylation sites is 1. The smallest absolute Gasteiger partial charge is 0.258 e. The normalized spacial score (nSPS) is 10.9. The molecule has 90 valence electrons. The van der Waals surface area contributed by atoms with Crippen molar-refractivity contribution < 1.29 is 0 Å². The first-order valence-corrected chi connectivity index (χ1v) is 7.06. The van der Waals surface area contributed by atoms with E-state index in [4.69, 9.17) is 0 Å². The molecule has 1 aromatic carbocycles. The van der Waals surface area contributed by atoms with Crippen LogP contribution in [0.2, 0.25) is 0 Å². The third-order valence-electron chi connectivity index (χ3n) is 2.33. The van der Waals surface area contributed by atoms with E-state index in [1.807, 2.05) is 18.2 Å². The van der Waals surface area contributed by atoms with E-state index in [0.717, 1.165) is 4.34 Å². The van der Waals surface area contributed by atoms with Crippen LogP contribution in [-0.4, -0.2) is 20.2 Å². The van der Waals surface area contributed by atoms with Crippen LogP contribution in [0.15, 0.2) is 38.9 Å². The number of rotatable bonds is 3. The largest absolute Gasteiger partial charge is 0.309 e. The van der Waals surface area contributed by atoms with Gasteiger partial charge in [-0.05, 0) is 12.1 Å². The van der Waals surface area contributed by atoms with E-state index in [1.165, 1.54) is 23.1 Å². The van der Waals surface area contributed by atoms with Crippen LogP contribution in [0.4, 0.5) is 0 Å². The molecule has 0 saturated carbocycles. The van der Waals surface area contributed by atoms with Crippen LogP contribution in [0, 0.1) is 0 Å². The van der Waals surface area contributed by atoms with Gasteiger partial charge in [-0.25, -0.2) is 4.98 Å². The van der Waals surface area contributed by atoms with Gasteiger partial charge in [0.25, 0.3) is 5.56 Å². The number of thioether (sulfide) groups is 1. The van der Waals surface area contributed by atoms with Crippen LogP contribution in [0.1, 0.15) is 5.82 Å². The van der Waals surface area contributed by atoms with Crippen molar-refractivity contribution in [3.63, 3.8) is 0 Å². The molecular weight excluding hydrogens is 268 g/mol. The van der Waals surface area contributed by atoms with Gasteiger partial charge in [0, 0.05) is 0 Å². The summed E-state index contributed by atoms with van der Waals surface area (Å²) in [5, 5.41) is 8.30. The Morgan fingerprint density at radius 1 is 1.33 bits per heavy atom. The Kier molecular flexibility index (Phi) is 3.07. The standard InChI is InChI=1S/C11H8N4OS2/c16-10-7-3-1-2-4-8(7)13-9(14-10)5-17-11-15-12-6-18-11/h1-4,6H,5H2,(H,13,14,16). The number of H-pyrrole nitrogens is 1. The molecule has 0 spiro atoms. The zero-order chi connectivity index (χ0) is 12.4. The van der Waals surface area contributed by atoms with E-state index in [0.29, 0.717) is 22.5 Å². The molecule has 0 fully saturated rings. The maximum Gasteiger partial charge on any atom is 0.258 e. The molecule has 7 heteroatoms. The van der Waals surface area contributed by atoms with Crippen LogP contribution in [0.5, 0.6) is 0 Å². The fourth-order valence-corrected chi connectivity index (χ4v) is 2.92. The van der Waals surface area contributed by atoms with Crippen molar-refractivity contribution in [1.29, 1.82) is 0 Å². The summed E-state index contributed by atoms with van der Waals surface area (Å²) < 4.78 is 0.866. The van der Waals surface area contributed by atoms with Crippen molar-refractivity contribution in [1.82, 2.24) is 20.2 Å². The molecule has 0 aliphatic rings. The highest BCUT2D eigenvalue weighted by atomic mass is 32.2. The van der Waals surface area contributed by atoms with E-state index in [9.17, 15) is 4.79 Å². The Bertz CT molecular complexity index is 723. The van der Waals surface area contributed by atoms with Crippen LogP contribution >= 0.6 is 23.1 Å². The van der Waals surface area contributed by atoms with Gasteiger partial charge in [-0.2, -0.15) is 0 Å². The van der Waals surface area contributed by atoms with Crippen molar-refractivity contribution in [2.24, 2.45) is 0 Å². The molecule has 0 amide bonds. The topological polar surface area (TPSA) is 71.5 Å². The summed E-state index contributed by atoms with van der Waals surface area (Å²) in [6.45, 7) is 0. The first-order chi connectivity index (χ1) is 8.83. The van der Waals surface area contributed by atoms with Crippen LogP contribution in [0.3, 0.4) is 0 Å². The third-order valence-corrected chi connectivity index (χ3v) is 4.21. The maximum absolute atomic E-state index is 11.8. The lowest BCUT2D eigenvalue weighted by Gasteiger charge is -2.01. The molecule has 0 aliphatic heterocycles. The molecule has 0 unspecified atom stereocenters. The number of aromatic nitrogens is 4. The first kappa shape index (κ1) is 11.4. The minimum Gasteiger partial charge on any atom is -0.309 e. The Balaban J connectivity index is 1.91. The van der Waals surface area contributed by atoms with E-state index in [-0.39, 0.29) is 5.56 Å². The molecule has 3 aromatic rings. The number of aromatic amines is 1. The lowest BCUT2D eigenvalue weighted by molar-refractivity contribution is 1.00. The molecule has 2 aromatic heterocycles. The Labute approximate surface area is 110 Å². The molecule has 2 heterocycles. The Hall–Kier alpha value is -1.73. The minimum atomic E-state index is -0.103. The molecular formula is C11H8N4OS2. The zero-order valence-electron chi connectivity index (χ0n) is 9.16. The average molecular weight is 276 g/mol. The van der Waals surface area contributed by atoms with Gasteiger partial charge >= 0.3 is 0 Å². The lowest BCUT2D eigenvalue weighted by atomic mass is 10.2. The number of nitrogens with zero attached hydrogens (tertiary/aromatic N) is 3. The van der Waals surface area contributed by atoms with Gasteiger partial charge < -0.3 is 4.98 Å². The first-order valence-electron chi connectivity index (χ1n) is 5.20. The zero-order valence-corrected chi connectivity index (χ0v) is 10.8. The van der Waals surface area contributed by atoms with Crippen LogP contribution in [-0.2, 0) is 5.75 Å². The molecule has 0 aliphatic carbocycles. The van der Waals surface area contributed by atoms with Crippen molar-refractivity contribution in [2.75, 3.05) is 0 Å². The number of hydrogen-bond acceptors (Lipinski definition) is 6. The van der Waals surface area contributed by atoms with Gasteiger partial charge in [-0.15, -0.1) is 10.2 Å². The van der Waals surface area contributed by atoms with Crippen molar-refractivity contribution in [3.05, 3.63) is 46.0 Å². The summed E-state index contributed by atoms with van der Waals surface area (Å²) in [6, 6.07) is 7.30. The second kappa shape index (κ2) is 4.87. The van der Waals surface area contributed by atoms with E-state index >= 15 is 0 Å². The predicted octanol–water partition coefficient (Wildman–Crippen LogP) is 2.07. The van der Waals surface area contributed by atoms with E-state index in [2.05, 4.69) is 20.2 Å². The molecule has 0 bridgehead atoms. The molecule has 18 heavy (non-hydrogen) atoms. The summed E-state index contributed by atoms with van der Waals surface area (Å²) in [7, 11) is 0. The Morgan fingerprint density at radius 3 is 3.06 bits per heavy atom. The lowest BCUT2D eigenvalue weighted by Crippen LogP contribution is -2.11. The second-order valence-corrected chi connectivity index (χ2v) is 5.58. The molecule has 3 rings (SSSR count). The van der Waals surface area contributed by atoms with Gasteiger partial charge in [0.1, 0.15) is 11.3 Å². The van der Waals surface area contributed by atoms with Gasteiger partial charge in [0.15, 0.2) is 4.34 Å². The fourth-order valence-electron chi connectivity index (χ4n) is 1.56. The average Bonchev–Trinajstić information content (AvgIpc) is 2.90.